The number of carbonyl (C=O) groups is 1. The number of aromatic nitrogens is 3. The molecule has 1 amide bonds. The molecule has 0 unspecified atom stereocenters. The summed E-state index contributed by atoms with van der Waals surface area (Å²) in [7, 11) is 0. The number of amides is 1. The lowest BCUT2D eigenvalue weighted by Gasteiger charge is -2.09. The molecular weight excluding hydrogens is 292 g/mol. The summed E-state index contributed by atoms with van der Waals surface area (Å²) < 4.78 is 0. The Kier molecular flexibility index (Phi) is 3.89. The van der Waals surface area contributed by atoms with E-state index in [0.29, 0.717) is 22.8 Å². The SMILES string of the molecule is Cc1nc(C)c(CC(=O)Nc2cccc3cccnc23)c(=O)[nH]1. The van der Waals surface area contributed by atoms with Gasteiger partial charge >= 0.3 is 0 Å². The molecule has 116 valence electrons. The van der Waals surface area contributed by atoms with Crippen molar-refractivity contribution in [3.8, 4) is 0 Å². The largest absolute Gasteiger partial charge is 0.324 e. The monoisotopic (exact) mass is 308 g/mol. The second kappa shape index (κ2) is 6.00. The smallest absolute Gasteiger partial charge is 0.254 e. The molecule has 23 heavy (non-hydrogen) atoms. The molecule has 2 aromatic heterocycles. The molecule has 6 nitrogen and oxygen atoms in total. The molecule has 0 bridgehead atoms. The van der Waals surface area contributed by atoms with Crippen LogP contribution in [0.1, 0.15) is 17.1 Å². The van der Waals surface area contributed by atoms with Crippen molar-refractivity contribution < 1.29 is 4.79 Å². The summed E-state index contributed by atoms with van der Waals surface area (Å²) in [5.74, 6) is 0.261. The predicted octanol–water partition coefficient (Wildman–Crippen LogP) is 2.12. The van der Waals surface area contributed by atoms with Gasteiger partial charge in [-0.3, -0.25) is 14.6 Å². The first-order chi connectivity index (χ1) is 11.0. The van der Waals surface area contributed by atoms with Crippen LogP contribution >= 0.6 is 0 Å². The normalized spacial score (nSPS) is 10.7. The van der Waals surface area contributed by atoms with E-state index >= 15 is 0 Å². The van der Waals surface area contributed by atoms with Crippen LogP contribution in [0.2, 0.25) is 0 Å². The quantitative estimate of drug-likeness (QED) is 0.775. The number of nitrogens with zero attached hydrogens (tertiary/aromatic N) is 2. The highest BCUT2D eigenvalue weighted by Crippen LogP contribution is 2.20. The van der Waals surface area contributed by atoms with E-state index in [9.17, 15) is 9.59 Å². The average Bonchev–Trinajstić information content (AvgIpc) is 2.51. The zero-order valence-corrected chi connectivity index (χ0v) is 12.9. The number of pyridine rings is 1. The molecule has 6 heteroatoms. The Balaban J connectivity index is 1.86. The van der Waals surface area contributed by atoms with Gasteiger partial charge in [-0.25, -0.2) is 4.98 Å². The average molecular weight is 308 g/mol. The van der Waals surface area contributed by atoms with E-state index in [1.54, 1.807) is 26.1 Å². The van der Waals surface area contributed by atoms with Crippen molar-refractivity contribution in [1.82, 2.24) is 15.0 Å². The van der Waals surface area contributed by atoms with E-state index in [1.165, 1.54) is 0 Å². The zero-order chi connectivity index (χ0) is 16.4. The number of H-pyrrole nitrogens is 1. The van der Waals surface area contributed by atoms with E-state index in [-0.39, 0.29) is 17.9 Å². The number of hydrogen-bond donors (Lipinski definition) is 2. The summed E-state index contributed by atoms with van der Waals surface area (Å²) in [5, 5.41) is 3.76. The van der Waals surface area contributed by atoms with E-state index in [0.717, 1.165) is 10.9 Å². The number of nitrogens with one attached hydrogen (secondary N) is 2. The lowest BCUT2D eigenvalue weighted by Crippen LogP contribution is -2.24. The van der Waals surface area contributed by atoms with Gasteiger partial charge in [0.25, 0.3) is 5.56 Å². The van der Waals surface area contributed by atoms with Gasteiger partial charge in [-0.15, -0.1) is 0 Å². The van der Waals surface area contributed by atoms with Crippen LogP contribution in [0, 0.1) is 13.8 Å². The topological polar surface area (TPSA) is 87.7 Å². The molecule has 2 heterocycles. The van der Waals surface area contributed by atoms with Crippen LogP contribution in [-0.4, -0.2) is 20.9 Å². The van der Waals surface area contributed by atoms with E-state index < -0.39 is 0 Å². The molecule has 0 saturated heterocycles. The van der Waals surface area contributed by atoms with Crippen molar-refractivity contribution in [2.75, 3.05) is 5.32 Å². The van der Waals surface area contributed by atoms with Gasteiger partial charge in [-0.05, 0) is 26.0 Å². The molecule has 0 saturated carbocycles. The van der Waals surface area contributed by atoms with Crippen LogP contribution in [0.25, 0.3) is 10.9 Å². The molecule has 1 aromatic carbocycles. The van der Waals surface area contributed by atoms with Crippen LogP contribution < -0.4 is 10.9 Å². The van der Waals surface area contributed by atoms with Crippen LogP contribution in [0.15, 0.2) is 41.3 Å². The van der Waals surface area contributed by atoms with Crippen molar-refractivity contribution in [3.05, 3.63) is 64.0 Å². The number of para-hydroxylation sites is 1. The lowest BCUT2D eigenvalue weighted by atomic mass is 10.1. The van der Waals surface area contributed by atoms with Crippen molar-refractivity contribution in [2.45, 2.75) is 20.3 Å². The van der Waals surface area contributed by atoms with Crippen LogP contribution in [-0.2, 0) is 11.2 Å². The number of rotatable bonds is 3. The molecule has 0 spiro atoms. The molecule has 0 atom stereocenters. The highest BCUT2D eigenvalue weighted by molar-refractivity contribution is 6.00. The van der Waals surface area contributed by atoms with Gasteiger partial charge in [-0.2, -0.15) is 0 Å². The molecule has 0 aliphatic rings. The number of benzene rings is 1. The number of aromatic amines is 1. The minimum absolute atomic E-state index is 0.0301. The number of carbonyl (C=O) groups excluding carboxylic acids is 1. The summed E-state index contributed by atoms with van der Waals surface area (Å²) in [5.41, 5.74) is 2.01. The summed E-state index contributed by atoms with van der Waals surface area (Å²) in [6, 6.07) is 9.34. The second-order valence-electron chi connectivity index (χ2n) is 5.32. The number of anilines is 1. The Bertz CT molecular complexity index is 941. The molecule has 0 aliphatic carbocycles. The van der Waals surface area contributed by atoms with Crippen LogP contribution in [0.5, 0.6) is 0 Å². The Morgan fingerprint density at radius 3 is 2.78 bits per heavy atom. The highest BCUT2D eigenvalue weighted by Gasteiger charge is 2.13. The van der Waals surface area contributed by atoms with Gasteiger partial charge in [0.15, 0.2) is 0 Å². The summed E-state index contributed by atoms with van der Waals surface area (Å²) >= 11 is 0. The van der Waals surface area contributed by atoms with E-state index in [2.05, 4.69) is 20.3 Å². The molecule has 0 radical (unpaired) electrons. The third-order valence-electron chi connectivity index (χ3n) is 3.58. The predicted molar refractivity (Wildman–Crippen MR) is 88.4 cm³/mol. The van der Waals surface area contributed by atoms with Gasteiger partial charge in [0.2, 0.25) is 5.91 Å². The minimum atomic E-state index is -0.277. The first-order valence-electron chi connectivity index (χ1n) is 7.24. The second-order valence-corrected chi connectivity index (χ2v) is 5.32. The van der Waals surface area contributed by atoms with E-state index in [4.69, 9.17) is 0 Å². The van der Waals surface area contributed by atoms with Gasteiger partial charge in [0, 0.05) is 22.8 Å². The van der Waals surface area contributed by atoms with Crippen molar-refractivity contribution in [2.24, 2.45) is 0 Å². The van der Waals surface area contributed by atoms with Crippen LogP contribution in [0.4, 0.5) is 5.69 Å². The standard InChI is InChI=1S/C17H16N4O2/c1-10-13(17(23)20-11(2)19-10)9-15(22)21-14-7-3-5-12-6-4-8-18-16(12)14/h3-8H,9H2,1-2H3,(H,21,22)(H,19,20,23). The van der Waals surface area contributed by atoms with Gasteiger partial charge in [-0.1, -0.05) is 18.2 Å². The van der Waals surface area contributed by atoms with Crippen molar-refractivity contribution >= 4 is 22.5 Å². The maximum absolute atomic E-state index is 12.3. The van der Waals surface area contributed by atoms with Gasteiger partial charge in [0.05, 0.1) is 17.6 Å². The van der Waals surface area contributed by atoms with Gasteiger partial charge in [0.1, 0.15) is 5.82 Å². The van der Waals surface area contributed by atoms with E-state index in [1.807, 2.05) is 24.3 Å². The molecule has 3 rings (SSSR count). The Labute approximate surface area is 132 Å². The van der Waals surface area contributed by atoms with Crippen molar-refractivity contribution in [1.29, 1.82) is 0 Å². The Morgan fingerprint density at radius 2 is 2.00 bits per heavy atom. The Morgan fingerprint density at radius 1 is 1.22 bits per heavy atom. The molecular formula is C17H16N4O2. The fraction of sp³-hybridized carbons (Fsp3) is 0.176. The molecule has 3 aromatic rings. The van der Waals surface area contributed by atoms with Crippen molar-refractivity contribution in [3.63, 3.8) is 0 Å². The minimum Gasteiger partial charge on any atom is -0.324 e. The summed E-state index contributed by atoms with van der Waals surface area (Å²) in [6.45, 7) is 3.43. The Hall–Kier alpha value is -3.02. The molecule has 0 fully saturated rings. The highest BCUT2D eigenvalue weighted by atomic mass is 16.2. The fourth-order valence-corrected chi connectivity index (χ4v) is 2.52. The summed E-state index contributed by atoms with van der Waals surface area (Å²) in [6.07, 6.45) is 1.65. The summed E-state index contributed by atoms with van der Waals surface area (Å²) in [4.78, 5) is 35.4. The number of hydrogen-bond acceptors (Lipinski definition) is 4. The lowest BCUT2D eigenvalue weighted by molar-refractivity contribution is -0.115. The maximum atomic E-state index is 12.3. The fourth-order valence-electron chi connectivity index (χ4n) is 2.52. The number of aryl methyl sites for hydroxylation is 2. The molecule has 2 N–H and O–H groups in total. The third-order valence-corrected chi connectivity index (χ3v) is 3.58. The third kappa shape index (κ3) is 3.11. The first kappa shape index (κ1) is 14.9. The maximum Gasteiger partial charge on any atom is 0.254 e. The number of fused-ring (bicyclic) bond motifs is 1. The zero-order valence-electron chi connectivity index (χ0n) is 12.9. The first-order valence-corrected chi connectivity index (χ1v) is 7.24. The van der Waals surface area contributed by atoms with Crippen LogP contribution in [0.3, 0.4) is 0 Å². The van der Waals surface area contributed by atoms with Gasteiger partial charge < -0.3 is 10.3 Å². The molecule has 0 aliphatic heterocycles.